The molecule has 5 nitrogen and oxygen atoms in total. The molecule has 1 aromatic carbocycles. The number of ether oxygens (including phenoxy) is 2. The predicted octanol–water partition coefficient (Wildman–Crippen LogP) is 2.52. The van der Waals surface area contributed by atoms with Gasteiger partial charge in [0.2, 0.25) is 5.91 Å². The van der Waals surface area contributed by atoms with Crippen LogP contribution in [0.25, 0.3) is 0 Å². The Bertz CT molecular complexity index is 496. The fourth-order valence-electron chi connectivity index (χ4n) is 2.79. The molecule has 0 aromatic heterocycles. The van der Waals surface area contributed by atoms with Crippen molar-refractivity contribution in [1.82, 2.24) is 4.90 Å². The first-order chi connectivity index (χ1) is 10.5. The lowest BCUT2D eigenvalue weighted by Crippen LogP contribution is -2.52. The summed E-state index contributed by atoms with van der Waals surface area (Å²) in [6.45, 7) is 10.1. The highest BCUT2D eigenvalue weighted by molar-refractivity contribution is 5.95. The van der Waals surface area contributed by atoms with E-state index in [1.807, 2.05) is 52.0 Å². The lowest BCUT2D eigenvalue weighted by Gasteiger charge is -2.38. The lowest BCUT2D eigenvalue weighted by molar-refractivity contribution is -0.126. The molecular formula is C17H26N2O3. The van der Waals surface area contributed by atoms with Crippen LogP contribution in [0.5, 0.6) is 5.75 Å². The van der Waals surface area contributed by atoms with Crippen molar-refractivity contribution in [3.63, 3.8) is 0 Å². The molecule has 1 aliphatic heterocycles. The van der Waals surface area contributed by atoms with Crippen LogP contribution in [0, 0.1) is 0 Å². The molecule has 0 bridgehead atoms. The van der Waals surface area contributed by atoms with Crippen LogP contribution in [0.3, 0.4) is 0 Å². The molecule has 3 unspecified atom stereocenters. The van der Waals surface area contributed by atoms with E-state index in [0.29, 0.717) is 12.4 Å². The minimum Gasteiger partial charge on any atom is -0.492 e. The Morgan fingerprint density at radius 2 is 2.00 bits per heavy atom. The molecule has 1 aliphatic rings. The van der Waals surface area contributed by atoms with Gasteiger partial charge in [-0.3, -0.25) is 9.69 Å². The van der Waals surface area contributed by atoms with Gasteiger partial charge in [0.15, 0.2) is 0 Å². The van der Waals surface area contributed by atoms with Crippen LogP contribution in [0.4, 0.5) is 5.69 Å². The number of hydrogen-bond donors (Lipinski definition) is 1. The van der Waals surface area contributed by atoms with Crippen LogP contribution in [-0.2, 0) is 9.53 Å². The number of benzene rings is 1. The van der Waals surface area contributed by atoms with E-state index in [2.05, 4.69) is 10.2 Å². The van der Waals surface area contributed by atoms with E-state index in [0.717, 1.165) is 18.8 Å². The molecule has 122 valence electrons. The summed E-state index contributed by atoms with van der Waals surface area (Å²) in [5, 5.41) is 2.98. The Morgan fingerprint density at radius 3 is 2.64 bits per heavy atom. The Hall–Kier alpha value is -1.59. The first-order valence-electron chi connectivity index (χ1n) is 7.93. The summed E-state index contributed by atoms with van der Waals surface area (Å²) in [6.07, 6.45) is 0.296. The van der Waals surface area contributed by atoms with Gasteiger partial charge in [-0.1, -0.05) is 12.1 Å². The lowest BCUT2D eigenvalue weighted by atomic mass is 10.1. The van der Waals surface area contributed by atoms with E-state index < -0.39 is 0 Å². The topological polar surface area (TPSA) is 50.8 Å². The number of morpholine rings is 1. The number of carbonyl (C=O) groups excluding carboxylic acids is 1. The third-order valence-electron chi connectivity index (χ3n) is 3.82. The number of amides is 1. The average Bonchev–Trinajstić information content (AvgIpc) is 2.47. The summed E-state index contributed by atoms with van der Waals surface area (Å²) < 4.78 is 11.3. The zero-order valence-electron chi connectivity index (χ0n) is 13.8. The summed E-state index contributed by atoms with van der Waals surface area (Å²) >= 11 is 0. The quantitative estimate of drug-likeness (QED) is 0.908. The minimum absolute atomic E-state index is 0.0200. The molecule has 2 rings (SSSR count). The van der Waals surface area contributed by atoms with Gasteiger partial charge in [-0.2, -0.15) is 0 Å². The standard InChI is InChI=1S/C17H26N2O3/c1-5-21-16-9-7-6-8-15(16)18-17(20)14(4)19-10-12(2)22-13(3)11-19/h6-9,12-14H,5,10-11H2,1-4H3,(H,18,20). The van der Waals surface area contributed by atoms with E-state index in [-0.39, 0.29) is 24.2 Å². The maximum atomic E-state index is 12.5. The van der Waals surface area contributed by atoms with Gasteiger partial charge in [0.25, 0.3) is 0 Å². The molecule has 5 heteroatoms. The number of nitrogens with one attached hydrogen (secondary N) is 1. The molecule has 0 spiro atoms. The SMILES string of the molecule is CCOc1ccccc1NC(=O)C(C)N1CC(C)OC(C)C1. The van der Waals surface area contributed by atoms with Crippen molar-refractivity contribution in [3.8, 4) is 5.75 Å². The van der Waals surface area contributed by atoms with Crippen LogP contribution < -0.4 is 10.1 Å². The third-order valence-corrected chi connectivity index (χ3v) is 3.82. The molecule has 3 atom stereocenters. The zero-order valence-corrected chi connectivity index (χ0v) is 13.8. The second-order valence-electron chi connectivity index (χ2n) is 5.81. The van der Waals surface area contributed by atoms with Gasteiger partial charge in [0.05, 0.1) is 30.5 Å². The smallest absolute Gasteiger partial charge is 0.241 e. The van der Waals surface area contributed by atoms with E-state index in [4.69, 9.17) is 9.47 Å². The summed E-state index contributed by atoms with van der Waals surface area (Å²) in [7, 11) is 0. The normalized spacial score (nSPS) is 23.8. The Morgan fingerprint density at radius 1 is 1.36 bits per heavy atom. The van der Waals surface area contributed by atoms with E-state index in [9.17, 15) is 4.79 Å². The summed E-state index contributed by atoms with van der Waals surface area (Å²) in [6, 6.07) is 7.31. The van der Waals surface area contributed by atoms with Crippen molar-refractivity contribution >= 4 is 11.6 Å². The molecular weight excluding hydrogens is 280 g/mol. The molecule has 1 fully saturated rings. The van der Waals surface area contributed by atoms with Crippen molar-refractivity contribution in [3.05, 3.63) is 24.3 Å². The highest BCUT2D eigenvalue weighted by atomic mass is 16.5. The second kappa shape index (κ2) is 7.61. The van der Waals surface area contributed by atoms with Gasteiger partial charge >= 0.3 is 0 Å². The van der Waals surface area contributed by atoms with Gasteiger partial charge in [0, 0.05) is 13.1 Å². The van der Waals surface area contributed by atoms with Crippen LogP contribution >= 0.6 is 0 Å². The molecule has 1 N–H and O–H groups in total. The number of nitrogens with zero attached hydrogens (tertiary/aromatic N) is 1. The minimum atomic E-state index is -0.205. The third kappa shape index (κ3) is 4.21. The van der Waals surface area contributed by atoms with Crippen molar-refractivity contribution in [2.75, 3.05) is 25.0 Å². The summed E-state index contributed by atoms with van der Waals surface area (Å²) in [5.41, 5.74) is 0.718. The maximum Gasteiger partial charge on any atom is 0.241 e. The summed E-state index contributed by atoms with van der Waals surface area (Å²) in [4.78, 5) is 14.7. The molecule has 1 heterocycles. The first kappa shape index (κ1) is 16.8. The van der Waals surface area contributed by atoms with Gasteiger partial charge in [-0.15, -0.1) is 0 Å². The molecule has 0 aliphatic carbocycles. The Labute approximate surface area is 132 Å². The number of anilines is 1. The van der Waals surface area contributed by atoms with Gasteiger partial charge in [-0.05, 0) is 39.8 Å². The van der Waals surface area contributed by atoms with Crippen LogP contribution in [0.2, 0.25) is 0 Å². The Kier molecular flexibility index (Phi) is 5.80. The van der Waals surface area contributed by atoms with E-state index in [1.165, 1.54) is 0 Å². The van der Waals surface area contributed by atoms with Gasteiger partial charge < -0.3 is 14.8 Å². The van der Waals surface area contributed by atoms with Crippen molar-refractivity contribution in [1.29, 1.82) is 0 Å². The van der Waals surface area contributed by atoms with Crippen LogP contribution in [-0.4, -0.2) is 48.8 Å². The molecule has 1 saturated heterocycles. The average molecular weight is 306 g/mol. The number of rotatable bonds is 5. The summed E-state index contributed by atoms with van der Waals surface area (Å²) in [5.74, 6) is 0.683. The fourth-order valence-corrected chi connectivity index (χ4v) is 2.79. The van der Waals surface area contributed by atoms with Crippen molar-refractivity contribution < 1.29 is 14.3 Å². The molecule has 22 heavy (non-hydrogen) atoms. The molecule has 1 amide bonds. The molecule has 0 saturated carbocycles. The predicted molar refractivity (Wildman–Crippen MR) is 87.3 cm³/mol. The van der Waals surface area contributed by atoms with Crippen molar-refractivity contribution in [2.45, 2.75) is 45.9 Å². The fraction of sp³-hybridized carbons (Fsp3) is 0.588. The highest BCUT2D eigenvalue weighted by Crippen LogP contribution is 2.24. The van der Waals surface area contributed by atoms with E-state index in [1.54, 1.807) is 0 Å². The number of carbonyl (C=O) groups is 1. The molecule has 1 aromatic rings. The molecule has 0 radical (unpaired) electrons. The van der Waals surface area contributed by atoms with Gasteiger partial charge in [-0.25, -0.2) is 0 Å². The second-order valence-corrected chi connectivity index (χ2v) is 5.81. The first-order valence-corrected chi connectivity index (χ1v) is 7.93. The Balaban J connectivity index is 2.02. The van der Waals surface area contributed by atoms with Crippen molar-refractivity contribution in [2.24, 2.45) is 0 Å². The zero-order chi connectivity index (χ0) is 16.1. The largest absolute Gasteiger partial charge is 0.492 e. The highest BCUT2D eigenvalue weighted by Gasteiger charge is 2.29. The van der Waals surface area contributed by atoms with E-state index >= 15 is 0 Å². The van der Waals surface area contributed by atoms with Crippen LogP contribution in [0.15, 0.2) is 24.3 Å². The number of para-hydroxylation sites is 2. The van der Waals surface area contributed by atoms with Gasteiger partial charge in [0.1, 0.15) is 5.75 Å². The van der Waals surface area contributed by atoms with Crippen LogP contribution in [0.1, 0.15) is 27.7 Å². The number of hydrogen-bond acceptors (Lipinski definition) is 4. The monoisotopic (exact) mass is 306 g/mol. The maximum absolute atomic E-state index is 12.5.